The van der Waals surface area contributed by atoms with E-state index in [-0.39, 0.29) is 17.7 Å². The van der Waals surface area contributed by atoms with Crippen LogP contribution in [0.4, 0.5) is 5.69 Å². The third kappa shape index (κ3) is 2.46. The number of hydrogen-bond donors (Lipinski definition) is 1. The van der Waals surface area contributed by atoms with Crippen molar-refractivity contribution in [3.63, 3.8) is 0 Å². The fourth-order valence-corrected chi connectivity index (χ4v) is 1.69. The minimum absolute atomic E-state index is 0.0256. The Kier molecular flexibility index (Phi) is 3.31. The molecule has 0 bridgehead atoms. The molecule has 0 aromatic carbocycles. The zero-order valence-electron chi connectivity index (χ0n) is 8.76. The van der Waals surface area contributed by atoms with Crippen molar-refractivity contribution in [3.8, 4) is 5.88 Å². The van der Waals surface area contributed by atoms with E-state index in [0.29, 0.717) is 6.54 Å². The number of rotatable bonds is 3. The van der Waals surface area contributed by atoms with Crippen LogP contribution in [0.3, 0.4) is 0 Å². The van der Waals surface area contributed by atoms with Crippen molar-refractivity contribution in [2.75, 3.05) is 13.1 Å². The van der Waals surface area contributed by atoms with Gasteiger partial charge in [-0.2, -0.15) is 0 Å². The molecule has 1 aliphatic rings. The first kappa shape index (κ1) is 10.8. The molecular formula is C10H13N3O3. The van der Waals surface area contributed by atoms with Gasteiger partial charge in [-0.25, -0.2) is 4.98 Å². The molecule has 0 unspecified atom stereocenters. The van der Waals surface area contributed by atoms with Crippen LogP contribution in [0.5, 0.6) is 5.88 Å². The minimum Gasteiger partial charge on any atom is -0.468 e. The van der Waals surface area contributed by atoms with Crippen molar-refractivity contribution >= 4 is 5.69 Å². The van der Waals surface area contributed by atoms with Crippen molar-refractivity contribution in [3.05, 3.63) is 28.4 Å². The molecule has 1 fully saturated rings. The molecule has 1 aromatic heterocycles. The summed E-state index contributed by atoms with van der Waals surface area (Å²) in [5, 5.41) is 13.9. The quantitative estimate of drug-likeness (QED) is 0.613. The zero-order valence-corrected chi connectivity index (χ0v) is 8.76. The second-order valence-corrected chi connectivity index (χ2v) is 3.67. The molecule has 6 heteroatoms. The van der Waals surface area contributed by atoms with Crippen molar-refractivity contribution < 1.29 is 9.66 Å². The van der Waals surface area contributed by atoms with E-state index in [1.165, 1.54) is 18.3 Å². The monoisotopic (exact) mass is 223 g/mol. The molecule has 0 saturated carbocycles. The van der Waals surface area contributed by atoms with Gasteiger partial charge in [0, 0.05) is 18.8 Å². The van der Waals surface area contributed by atoms with Gasteiger partial charge in [0.05, 0.1) is 4.92 Å². The number of nitro groups is 1. The lowest BCUT2D eigenvalue weighted by atomic mass is 10.1. The highest BCUT2D eigenvalue weighted by molar-refractivity contribution is 5.39. The number of pyridine rings is 1. The van der Waals surface area contributed by atoms with E-state index >= 15 is 0 Å². The van der Waals surface area contributed by atoms with E-state index < -0.39 is 4.92 Å². The van der Waals surface area contributed by atoms with Gasteiger partial charge in [0.25, 0.3) is 5.88 Å². The Hall–Kier alpha value is -1.69. The Morgan fingerprint density at radius 3 is 3.19 bits per heavy atom. The highest BCUT2D eigenvalue weighted by Gasteiger charge is 2.21. The lowest BCUT2D eigenvalue weighted by molar-refractivity contribution is -0.386. The highest BCUT2D eigenvalue weighted by Crippen LogP contribution is 2.24. The average Bonchev–Trinajstić information content (AvgIpc) is 2.31. The summed E-state index contributed by atoms with van der Waals surface area (Å²) in [5.74, 6) is 0.112. The predicted molar refractivity (Wildman–Crippen MR) is 57.4 cm³/mol. The molecule has 1 aliphatic heterocycles. The van der Waals surface area contributed by atoms with Crippen LogP contribution < -0.4 is 10.1 Å². The SMILES string of the molecule is O=[N+]([O-])c1cccnc1O[C@H]1CCCNC1. The van der Waals surface area contributed by atoms with E-state index in [4.69, 9.17) is 4.74 Å². The van der Waals surface area contributed by atoms with Crippen molar-refractivity contribution in [1.82, 2.24) is 10.3 Å². The maximum absolute atomic E-state index is 10.7. The standard InChI is InChI=1S/C10H13N3O3/c14-13(15)9-4-2-6-12-10(9)16-8-3-1-5-11-7-8/h2,4,6,8,11H,1,3,5,7H2/t8-/m0/s1. The van der Waals surface area contributed by atoms with Crippen LogP contribution in [-0.2, 0) is 0 Å². The largest absolute Gasteiger partial charge is 0.468 e. The van der Waals surface area contributed by atoms with E-state index in [2.05, 4.69) is 10.3 Å². The molecule has 6 nitrogen and oxygen atoms in total. The first-order valence-corrected chi connectivity index (χ1v) is 5.24. The Bertz CT molecular complexity index is 377. The van der Waals surface area contributed by atoms with Crippen LogP contribution in [0.15, 0.2) is 18.3 Å². The summed E-state index contributed by atoms with van der Waals surface area (Å²) >= 11 is 0. The summed E-state index contributed by atoms with van der Waals surface area (Å²) in [4.78, 5) is 14.2. The lowest BCUT2D eigenvalue weighted by Gasteiger charge is -2.22. The molecule has 1 saturated heterocycles. The van der Waals surface area contributed by atoms with Crippen LogP contribution in [-0.4, -0.2) is 29.1 Å². The van der Waals surface area contributed by atoms with Crippen molar-refractivity contribution in [2.45, 2.75) is 18.9 Å². The Morgan fingerprint density at radius 1 is 1.62 bits per heavy atom. The van der Waals surface area contributed by atoms with Gasteiger partial charge in [-0.15, -0.1) is 0 Å². The van der Waals surface area contributed by atoms with Crippen LogP contribution in [0.25, 0.3) is 0 Å². The number of hydrogen-bond acceptors (Lipinski definition) is 5. The van der Waals surface area contributed by atoms with E-state index in [9.17, 15) is 10.1 Å². The van der Waals surface area contributed by atoms with Gasteiger partial charge in [0.1, 0.15) is 6.10 Å². The normalized spacial score (nSPS) is 20.4. The molecule has 2 rings (SSSR count). The second-order valence-electron chi connectivity index (χ2n) is 3.67. The van der Waals surface area contributed by atoms with Gasteiger partial charge in [0.2, 0.25) is 0 Å². The molecule has 1 atom stereocenters. The number of nitrogens with zero attached hydrogens (tertiary/aromatic N) is 2. The summed E-state index contributed by atoms with van der Waals surface area (Å²) in [7, 11) is 0. The van der Waals surface area contributed by atoms with Gasteiger partial charge in [-0.05, 0) is 25.5 Å². The summed E-state index contributed by atoms with van der Waals surface area (Å²) in [6.45, 7) is 1.69. The molecule has 1 aromatic rings. The Labute approximate surface area is 92.8 Å². The van der Waals surface area contributed by atoms with E-state index in [0.717, 1.165) is 19.4 Å². The number of nitrogens with one attached hydrogen (secondary N) is 1. The molecule has 1 N–H and O–H groups in total. The molecule has 86 valence electrons. The lowest BCUT2D eigenvalue weighted by Crippen LogP contribution is -2.37. The Balaban J connectivity index is 2.10. The molecule has 0 amide bonds. The summed E-state index contributed by atoms with van der Waals surface area (Å²) in [5.41, 5.74) is -0.0759. The molecular weight excluding hydrogens is 210 g/mol. The second kappa shape index (κ2) is 4.89. The van der Waals surface area contributed by atoms with E-state index in [1.54, 1.807) is 0 Å². The van der Waals surface area contributed by atoms with Crippen molar-refractivity contribution in [2.24, 2.45) is 0 Å². The van der Waals surface area contributed by atoms with Crippen LogP contribution in [0, 0.1) is 10.1 Å². The van der Waals surface area contributed by atoms with Gasteiger partial charge in [-0.1, -0.05) is 0 Å². The predicted octanol–water partition coefficient (Wildman–Crippen LogP) is 1.12. The first-order valence-electron chi connectivity index (χ1n) is 5.24. The van der Waals surface area contributed by atoms with Crippen LogP contribution in [0.1, 0.15) is 12.8 Å². The summed E-state index contributed by atoms with van der Waals surface area (Å²) in [6.07, 6.45) is 3.40. The Morgan fingerprint density at radius 2 is 2.50 bits per heavy atom. The third-order valence-electron chi connectivity index (χ3n) is 2.48. The average molecular weight is 223 g/mol. The minimum atomic E-state index is -0.474. The van der Waals surface area contributed by atoms with Crippen LogP contribution >= 0.6 is 0 Å². The van der Waals surface area contributed by atoms with Gasteiger partial charge in [0.15, 0.2) is 0 Å². The highest BCUT2D eigenvalue weighted by atomic mass is 16.6. The summed E-state index contributed by atoms with van der Waals surface area (Å²) in [6, 6.07) is 2.93. The number of aromatic nitrogens is 1. The topological polar surface area (TPSA) is 77.3 Å². The third-order valence-corrected chi connectivity index (χ3v) is 2.48. The maximum Gasteiger partial charge on any atom is 0.330 e. The molecule has 16 heavy (non-hydrogen) atoms. The summed E-state index contributed by atoms with van der Waals surface area (Å²) < 4.78 is 5.53. The van der Waals surface area contributed by atoms with Gasteiger partial charge in [-0.3, -0.25) is 10.1 Å². The first-order chi connectivity index (χ1) is 7.77. The number of ether oxygens (including phenoxy) is 1. The van der Waals surface area contributed by atoms with Crippen molar-refractivity contribution in [1.29, 1.82) is 0 Å². The maximum atomic E-state index is 10.7. The molecule has 0 radical (unpaired) electrons. The molecule has 0 aliphatic carbocycles. The van der Waals surface area contributed by atoms with E-state index in [1.807, 2.05) is 0 Å². The van der Waals surface area contributed by atoms with Gasteiger partial charge < -0.3 is 10.1 Å². The molecule has 2 heterocycles. The fraction of sp³-hybridized carbons (Fsp3) is 0.500. The zero-order chi connectivity index (χ0) is 11.4. The smallest absolute Gasteiger partial charge is 0.330 e. The van der Waals surface area contributed by atoms with Gasteiger partial charge >= 0.3 is 5.69 Å². The number of piperidine rings is 1. The van der Waals surface area contributed by atoms with Crippen LogP contribution in [0.2, 0.25) is 0 Å². The molecule has 0 spiro atoms. The fourth-order valence-electron chi connectivity index (χ4n) is 1.69.